The van der Waals surface area contributed by atoms with Crippen LogP contribution >= 0.6 is 0 Å². The number of rotatable bonds is 3. The molecule has 0 spiro atoms. The molecule has 0 aliphatic carbocycles. The summed E-state index contributed by atoms with van der Waals surface area (Å²) in [6.07, 6.45) is 3.28. The predicted octanol–water partition coefficient (Wildman–Crippen LogP) is 1.45. The minimum atomic E-state index is -0.884. The summed E-state index contributed by atoms with van der Waals surface area (Å²) in [5.41, 5.74) is 1.74. The molecule has 0 saturated heterocycles. The van der Waals surface area contributed by atoms with Gasteiger partial charge in [0.25, 0.3) is 0 Å². The van der Waals surface area contributed by atoms with Gasteiger partial charge in [-0.2, -0.15) is 0 Å². The van der Waals surface area contributed by atoms with Crippen LogP contribution in [0.2, 0.25) is 0 Å². The Bertz CT molecular complexity index is 190. The highest BCUT2D eigenvalue weighted by Crippen LogP contribution is 2.00. The Morgan fingerprint density at radius 3 is 2.55 bits per heavy atom. The zero-order chi connectivity index (χ0) is 8.91. The standard InChI is InChI=1S/C9H14O2/c1-4-8(10)6-5-7-9(2,3)11/h6-7,11H,4H2,1-3H3. The minimum Gasteiger partial charge on any atom is -0.386 e. The van der Waals surface area contributed by atoms with E-state index in [1.165, 1.54) is 12.2 Å². The van der Waals surface area contributed by atoms with Gasteiger partial charge in [0.15, 0.2) is 5.78 Å². The van der Waals surface area contributed by atoms with Gasteiger partial charge in [-0.15, -0.1) is 5.73 Å². The predicted molar refractivity (Wildman–Crippen MR) is 44.2 cm³/mol. The van der Waals surface area contributed by atoms with Gasteiger partial charge in [-0.25, -0.2) is 0 Å². The van der Waals surface area contributed by atoms with Crippen molar-refractivity contribution < 1.29 is 9.90 Å². The second-order valence-electron chi connectivity index (χ2n) is 2.93. The third kappa shape index (κ3) is 7.04. The Labute approximate surface area is 67.2 Å². The molecule has 0 heterocycles. The first kappa shape index (κ1) is 10.2. The van der Waals surface area contributed by atoms with E-state index in [0.29, 0.717) is 6.42 Å². The molecule has 0 aliphatic heterocycles. The van der Waals surface area contributed by atoms with E-state index >= 15 is 0 Å². The minimum absolute atomic E-state index is 0.0190. The van der Waals surface area contributed by atoms with Crippen LogP contribution in [-0.2, 0) is 4.79 Å². The van der Waals surface area contributed by atoms with Crippen LogP contribution in [0.1, 0.15) is 27.2 Å². The summed E-state index contributed by atoms with van der Waals surface area (Å²) in [6, 6.07) is 0. The van der Waals surface area contributed by atoms with E-state index < -0.39 is 5.60 Å². The quantitative estimate of drug-likeness (QED) is 0.493. The van der Waals surface area contributed by atoms with Crippen LogP contribution in [0.15, 0.2) is 17.9 Å². The highest BCUT2D eigenvalue weighted by molar-refractivity contribution is 5.89. The van der Waals surface area contributed by atoms with Crippen molar-refractivity contribution >= 4 is 5.78 Å². The van der Waals surface area contributed by atoms with E-state index in [-0.39, 0.29) is 5.78 Å². The molecule has 2 nitrogen and oxygen atoms in total. The smallest absolute Gasteiger partial charge is 0.163 e. The van der Waals surface area contributed by atoms with Crippen LogP contribution in [0.3, 0.4) is 0 Å². The summed E-state index contributed by atoms with van der Waals surface area (Å²) in [6.45, 7) is 5.04. The van der Waals surface area contributed by atoms with Gasteiger partial charge in [-0.3, -0.25) is 4.79 Å². The second kappa shape index (κ2) is 4.12. The molecule has 11 heavy (non-hydrogen) atoms. The van der Waals surface area contributed by atoms with E-state index in [1.807, 2.05) is 0 Å². The molecule has 0 aromatic carbocycles. The number of hydrogen-bond acceptors (Lipinski definition) is 2. The summed E-state index contributed by atoms with van der Waals surface area (Å²) < 4.78 is 0. The highest BCUT2D eigenvalue weighted by Gasteiger charge is 2.04. The molecular formula is C9H14O2. The van der Waals surface area contributed by atoms with Gasteiger partial charge in [-0.05, 0) is 19.9 Å². The van der Waals surface area contributed by atoms with Crippen LogP contribution in [0.4, 0.5) is 0 Å². The third-order valence-corrected chi connectivity index (χ3v) is 1.03. The summed E-state index contributed by atoms with van der Waals surface area (Å²) in [4.78, 5) is 10.7. The zero-order valence-corrected chi connectivity index (χ0v) is 7.22. The van der Waals surface area contributed by atoms with Crippen LogP contribution in [-0.4, -0.2) is 16.5 Å². The van der Waals surface area contributed by atoms with Crippen molar-refractivity contribution in [2.45, 2.75) is 32.8 Å². The van der Waals surface area contributed by atoms with Crippen molar-refractivity contribution in [3.63, 3.8) is 0 Å². The molecule has 0 atom stereocenters. The lowest BCUT2D eigenvalue weighted by atomic mass is 10.1. The fourth-order valence-corrected chi connectivity index (χ4v) is 0.441. The van der Waals surface area contributed by atoms with E-state index in [9.17, 15) is 4.79 Å². The molecule has 2 heteroatoms. The molecule has 0 fully saturated rings. The molecule has 0 amide bonds. The largest absolute Gasteiger partial charge is 0.386 e. The van der Waals surface area contributed by atoms with Gasteiger partial charge in [0, 0.05) is 12.5 Å². The van der Waals surface area contributed by atoms with Crippen LogP contribution < -0.4 is 0 Å². The lowest BCUT2D eigenvalue weighted by Crippen LogP contribution is -2.12. The number of carbonyl (C=O) groups is 1. The van der Waals surface area contributed by atoms with Gasteiger partial charge in [0.1, 0.15) is 0 Å². The average Bonchev–Trinajstić information content (AvgIpc) is 1.85. The third-order valence-electron chi connectivity index (χ3n) is 1.03. The van der Waals surface area contributed by atoms with Crippen LogP contribution in [0.25, 0.3) is 0 Å². The maximum atomic E-state index is 10.7. The van der Waals surface area contributed by atoms with Crippen molar-refractivity contribution in [1.82, 2.24) is 0 Å². The summed E-state index contributed by atoms with van der Waals surface area (Å²) in [7, 11) is 0. The first-order chi connectivity index (χ1) is 4.95. The van der Waals surface area contributed by atoms with Crippen LogP contribution in [0.5, 0.6) is 0 Å². The molecule has 62 valence electrons. The summed E-state index contributed by atoms with van der Waals surface area (Å²) in [5.74, 6) is 0.0190. The number of ketones is 1. The molecule has 0 rings (SSSR count). The maximum absolute atomic E-state index is 10.7. The number of carbonyl (C=O) groups excluding carboxylic acids is 1. The van der Waals surface area contributed by atoms with E-state index in [1.54, 1.807) is 20.8 Å². The Hall–Kier alpha value is -0.850. The highest BCUT2D eigenvalue weighted by atomic mass is 16.3. The lowest BCUT2D eigenvalue weighted by molar-refractivity contribution is -0.114. The van der Waals surface area contributed by atoms with Crippen molar-refractivity contribution in [1.29, 1.82) is 0 Å². The first-order valence-corrected chi connectivity index (χ1v) is 3.64. The van der Waals surface area contributed by atoms with Crippen molar-refractivity contribution in [3.05, 3.63) is 17.9 Å². The van der Waals surface area contributed by atoms with Crippen molar-refractivity contribution in [2.24, 2.45) is 0 Å². The van der Waals surface area contributed by atoms with E-state index in [4.69, 9.17) is 5.11 Å². The second-order valence-corrected chi connectivity index (χ2v) is 2.93. The fourth-order valence-electron chi connectivity index (χ4n) is 0.441. The lowest BCUT2D eigenvalue weighted by Gasteiger charge is -2.07. The maximum Gasteiger partial charge on any atom is 0.163 e. The summed E-state index contributed by atoms with van der Waals surface area (Å²) >= 11 is 0. The summed E-state index contributed by atoms with van der Waals surface area (Å²) in [5, 5.41) is 9.15. The molecule has 1 N–H and O–H groups in total. The van der Waals surface area contributed by atoms with Crippen LogP contribution in [0, 0.1) is 0 Å². The molecule has 0 bridgehead atoms. The Balaban J connectivity index is 4.12. The van der Waals surface area contributed by atoms with Gasteiger partial charge in [-0.1, -0.05) is 6.92 Å². The Kier molecular flexibility index (Phi) is 3.80. The molecule has 0 aromatic rings. The van der Waals surface area contributed by atoms with E-state index in [2.05, 4.69) is 5.73 Å². The van der Waals surface area contributed by atoms with Gasteiger partial charge >= 0.3 is 0 Å². The Morgan fingerprint density at radius 1 is 1.64 bits per heavy atom. The van der Waals surface area contributed by atoms with Crippen molar-refractivity contribution in [2.75, 3.05) is 0 Å². The van der Waals surface area contributed by atoms with Gasteiger partial charge < -0.3 is 5.11 Å². The molecular weight excluding hydrogens is 140 g/mol. The normalized spacial score (nSPS) is 10.2. The monoisotopic (exact) mass is 154 g/mol. The molecule has 0 aliphatic rings. The topological polar surface area (TPSA) is 37.3 Å². The van der Waals surface area contributed by atoms with Crippen molar-refractivity contribution in [3.8, 4) is 0 Å². The molecule has 0 radical (unpaired) electrons. The molecule has 0 saturated carbocycles. The number of hydrogen-bond donors (Lipinski definition) is 1. The van der Waals surface area contributed by atoms with Gasteiger partial charge in [0.05, 0.1) is 5.60 Å². The zero-order valence-electron chi connectivity index (χ0n) is 7.22. The van der Waals surface area contributed by atoms with E-state index in [0.717, 1.165) is 0 Å². The number of aliphatic hydroxyl groups is 1. The fraction of sp³-hybridized carbons (Fsp3) is 0.556. The Morgan fingerprint density at radius 2 is 2.18 bits per heavy atom. The first-order valence-electron chi connectivity index (χ1n) is 3.64. The van der Waals surface area contributed by atoms with Gasteiger partial charge in [0.2, 0.25) is 0 Å². The SMILES string of the molecule is CCC(=O)C=C=CC(C)(C)O. The molecule has 0 aromatic heterocycles. The molecule has 0 unspecified atom stereocenters. The average molecular weight is 154 g/mol.